The summed E-state index contributed by atoms with van der Waals surface area (Å²) in [6.45, 7) is 5.37. The molecular weight excluding hydrogens is 587 g/mol. The summed E-state index contributed by atoms with van der Waals surface area (Å²) in [4.78, 5) is 0. The van der Waals surface area contributed by atoms with Crippen LogP contribution in [-0.2, 0) is 23.1 Å². The zero-order valence-corrected chi connectivity index (χ0v) is 31.6. The topological polar surface area (TPSA) is 54.0 Å². The summed E-state index contributed by atoms with van der Waals surface area (Å²) in [5.74, 6) is 0. The van der Waals surface area contributed by atoms with Gasteiger partial charge in [-0.25, -0.2) is 4.57 Å². The molecule has 0 heterocycles. The second-order valence-corrected chi connectivity index (χ2v) is 15.9. The third-order valence-corrected chi connectivity index (χ3v) is 10.3. The molecule has 44 heavy (non-hydrogen) atoms. The molecule has 0 aliphatic carbocycles. The van der Waals surface area contributed by atoms with Crippen molar-refractivity contribution in [3.63, 3.8) is 0 Å². The largest absolute Gasteiger partial charge is 0.386 e. The van der Waals surface area contributed by atoms with Crippen molar-refractivity contribution < 1.29 is 23.1 Å². The van der Waals surface area contributed by atoms with E-state index in [1.807, 2.05) is 0 Å². The van der Waals surface area contributed by atoms with Crippen molar-refractivity contribution in [1.29, 1.82) is 0 Å². The Kier molecular flexibility index (Phi) is 36.6. The zero-order valence-electron chi connectivity index (χ0n) is 29.8. The van der Waals surface area contributed by atoms with Crippen LogP contribution in [0.2, 0.25) is 0 Å². The van der Waals surface area contributed by atoms with E-state index in [9.17, 15) is 4.57 Å². The van der Waals surface area contributed by atoms with Gasteiger partial charge in [0.1, 0.15) is 6.10 Å². The lowest BCUT2D eigenvalue weighted by Gasteiger charge is -2.20. The Morgan fingerprint density at radius 2 is 0.795 bits per heavy atom. The lowest BCUT2D eigenvalue weighted by molar-refractivity contribution is -0.0402. The molecule has 5 nitrogen and oxygen atoms in total. The summed E-state index contributed by atoms with van der Waals surface area (Å²) < 4.78 is 34.9. The molecular formula is C37H77O5PS. The van der Waals surface area contributed by atoms with Crippen LogP contribution in [0.5, 0.6) is 0 Å². The SMILES string of the molecule is CCCCCCCCCCCCCCCCOCC(COP(=O)(S)OCC)OCCCCCCCCCCCCCCCC. The Balaban J connectivity index is 3.82. The summed E-state index contributed by atoms with van der Waals surface area (Å²) in [5, 5.41) is 0. The van der Waals surface area contributed by atoms with E-state index in [0.717, 1.165) is 19.4 Å². The van der Waals surface area contributed by atoms with Gasteiger partial charge in [-0.15, -0.1) is 0 Å². The Morgan fingerprint density at radius 3 is 1.16 bits per heavy atom. The molecule has 0 aliphatic heterocycles. The van der Waals surface area contributed by atoms with Crippen molar-refractivity contribution in [2.75, 3.05) is 33.0 Å². The number of rotatable bonds is 38. The van der Waals surface area contributed by atoms with Crippen LogP contribution in [0.4, 0.5) is 0 Å². The van der Waals surface area contributed by atoms with Gasteiger partial charge >= 0.3 is 6.80 Å². The second-order valence-electron chi connectivity index (χ2n) is 12.9. The van der Waals surface area contributed by atoms with Crippen LogP contribution in [0.3, 0.4) is 0 Å². The van der Waals surface area contributed by atoms with Crippen LogP contribution in [-0.4, -0.2) is 39.1 Å². The summed E-state index contributed by atoms with van der Waals surface area (Å²) in [5.41, 5.74) is 0. The minimum atomic E-state index is -3.34. The Labute approximate surface area is 281 Å². The fourth-order valence-electron chi connectivity index (χ4n) is 5.68. The minimum absolute atomic E-state index is 0.179. The Hall–Kier alpha value is 0.420. The molecule has 0 fully saturated rings. The van der Waals surface area contributed by atoms with Crippen LogP contribution in [0, 0.1) is 0 Å². The molecule has 0 saturated carbocycles. The van der Waals surface area contributed by atoms with Crippen molar-refractivity contribution >= 4 is 19.0 Å². The number of thiol groups is 1. The molecule has 0 spiro atoms. The predicted octanol–water partition coefficient (Wildman–Crippen LogP) is 13.4. The molecule has 0 radical (unpaired) electrons. The monoisotopic (exact) mass is 665 g/mol. The maximum atomic E-state index is 12.3. The summed E-state index contributed by atoms with van der Waals surface area (Å²) >= 11 is 4.06. The maximum absolute atomic E-state index is 12.3. The van der Waals surface area contributed by atoms with E-state index in [2.05, 4.69) is 26.1 Å². The van der Waals surface area contributed by atoms with Crippen LogP contribution >= 0.6 is 19.0 Å². The highest BCUT2D eigenvalue weighted by Crippen LogP contribution is 2.52. The molecule has 0 N–H and O–H groups in total. The average molecular weight is 665 g/mol. The van der Waals surface area contributed by atoms with E-state index in [1.165, 1.54) is 167 Å². The van der Waals surface area contributed by atoms with Gasteiger partial charge in [-0.3, -0.25) is 4.52 Å². The lowest BCUT2D eigenvalue weighted by atomic mass is 10.0. The van der Waals surface area contributed by atoms with Crippen molar-refractivity contribution in [3.8, 4) is 0 Å². The first kappa shape index (κ1) is 44.4. The van der Waals surface area contributed by atoms with Gasteiger partial charge in [-0.2, -0.15) is 0 Å². The molecule has 0 saturated heterocycles. The van der Waals surface area contributed by atoms with Gasteiger partial charge < -0.3 is 14.0 Å². The third-order valence-electron chi connectivity index (χ3n) is 8.51. The first-order chi connectivity index (χ1) is 21.6. The third kappa shape index (κ3) is 35.3. The summed E-state index contributed by atoms with van der Waals surface area (Å²) in [6.07, 6.45) is 37.5. The van der Waals surface area contributed by atoms with Crippen molar-refractivity contribution in [2.24, 2.45) is 0 Å². The second kappa shape index (κ2) is 36.3. The van der Waals surface area contributed by atoms with Gasteiger partial charge in [0.15, 0.2) is 0 Å². The standard InChI is InChI=1S/C37H77O5PS/c1-4-7-9-11-13-15-17-19-21-23-25-27-29-31-33-39-35-37(36-42-43(38,44)41-6-3)40-34-32-30-28-26-24-22-20-18-16-14-12-10-8-5-2/h37H,4-36H2,1-3H3,(H,38,44). The van der Waals surface area contributed by atoms with Gasteiger partial charge in [-0.1, -0.05) is 193 Å². The average Bonchev–Trinajstić information content (AvgIpc) is 3.01. The van der Waals surface area contributed by atoms with Gasteiger partial charge in [0.2, 0.25) is 0 Å². The van der Waals surface area contributed by atoms with Crippen molar-refractivity contribution in [3.05, 3.63) is 0 Å². The van der Waals surface area contributed by atoms with Gasteiger partial charge in [0.05, 0.1) is 19.8 Å². The molecule has 2 unspecified atom stereocenters. The smallest absolute Gasteiger partial charge is 0.379 e. The fraction of sp³-hybridized carbons (Fsp3) is 1.00. The molecule has 0 aromatic rings. The summed E-state index contributed by atoms with van der Waals surface area (Å²) in [6, 6.07) is 0. The number of hydrogen-bond acceptors (Lipinski definition) is 5. The Morgan fingerprint density at radius 1 is 0.455 bits per heavy atom. The molecule has 2 atom stereocenters. The van der Waals surface area contributed by atoms with Gasteiger partial charge in [-0.05, 0) is 19.8 Å². The van der Waals surface area contributed by atoms with E-state index in [4.69, 9.17) is 18.5 Å². The normalized spacial score (nSPS) is 13.8. The van der Waals surface area contributed by atoms with Crippen molar-refractivity contribution in [2.45, 2.75) is 207 Å². The highest BCUT2D eigenvalue weighted by atomic mass is 32.7. The first-order valence-corrected chi connectivity index (χ1v) is 22.1. The van der Waals surface area contributed by atoms with E-state index in [1.54, 1.807) is 6.92 Å². The molecule has 0 aliphatic rings. The molecule has 0 aromatic heterocycles. The highest BCUT2D eigenvalue weighted by molar-refractivity contribution is 8.44. The molecule has 0 amide bonds. The highest BCUT2D eigenvalue weighted by Gasteiger charge is 2.21. The van der Waals surface area contributed by atoms with Gasteiger partial charge in [0, 0.05) is 13.2 Å². The lowest BCUT2D eigenvalue weighted by Crippen LogP contribution is -2.26. The van der Waals surface area contributed by atoms with Gasteiger partial charge in [0.25, 0.3) is 0 Å². The molecule has 7 heteroatoms. The summed E-state index contributed by atoms with van der Waals surface area (Å²) in [7, 11) is 0. The fourth-order valence-corrected chi connectivity index (χ4v) is 6.98. The number of hydrogen-bond donors (Lipinski definition) is 1. The van der Waals surface area contributed by atoms with E-state index >= 15 is 0 Å². The van der Waals surface area contributed by atoms with E-state index < -0.39 is 6.80 Å². The molecule has 0 bridgehead atoms. The number of unbranched alkanes of at least 4 members (excludes halogenated alkanes) is 26. The quantitative estimate of drug-likeness (QED) is 0.0404. The first-order valence-electron chi connectivity index (χ1n) is 19.4. The molecule has 0 aromatic carbocycles. The maximum Gasteiger partial charge on any atom is 0.386 e. The van der Waals surface area contributed by atoms with E-state index in [0.29, 0.717) is 19.8 Å². The van der Waals surface area contributed by atoms with Crippen LogP contribution in [0.15, 0.2) is 0 Å². The van der Waals surface area contributed by atoms with E-state index in [-0.39, 0.29) is 12.7 Å². The molecule has 0 rings (SSSR count). The van der Waals surface area contributed by atoms with Crippen LogP contribution in [0.1, 0.15) is 201 Å². The zero-order chi connectivity index (χ0) is 32.2. The molecule has 266 valence electrons. The van der Waals surface area contributed by atoms with Crippen LogP contribution < -0.4 is 0 Å². The Bertz CT molecular complexity index is 594. The minimum Gasteiger partial charge on any atom is -0.379 e. The predicted molar refractivity (Wildman–Crippen MR) is 195 cm³/mol. The van der Waals surface area contributed by atoms with Crippen molar-refractivity contribution in [1.82, 2.24) is 0 Å². The number of ether oxygens (including phenoxy) is 2. The van der Waals surface area contributed by atoms with Crippen LogP contribution in [0.25, 0.3) is 0 Å².